The molecule has 10 nitrogen and oxygen atoms in total. The third-order valence-electron chi connectivity index (χ3n) is 8.64. The molecule has 0 saturated carbocycles. The van der Waals surface area contributed by atoms with Gasteiger partial charge in [0.1, 0.15) is 17.0 Å². The number of piperidine rings is 2. The van der Waals surface area contributed by atoms with E-state index in [0.29, 0.717) is 34.7 Å². The molecule has 1 aromatic carbocycles. The van der Waals surface area contributed by atoms with Crippen molar-refractivity contribution in [2.24, 2.45) is 11.1 Å². The number of nitrogen functional groups attached to an aromatic ring is 1. The molecule has 0 bridgehead atoms. The van der Waals surface area contributed by atoms with Crippen molar-refractivity contribution >= 4 is 46.6 Å². The van der Waals surface area contributed by atoms with Crippen LogP contribution in [0.2, 0.25) is 5.02 Å². The molecule has 1 amide bonds. The van der Waals surface area contributed by atoms with Crippen LogP contribution in [-0.4, -0.2) is 70.4 Å². The summed E-state index contributed by atoms with van der Waals surface area (Å²) in [5.74, 6) is 0.805. The van der Waals surface area contributed by atoms with Gasteiger partial charge in [-0.3, -0.25) is 9.69 Å². The average Bonchev–Trinajstić information content (AvgIpc) is 3.20. The highest BCUT2D eigenvalue weighted by Crippen LogP contribution is 2.44. The molecule has 5 N–H and O–H groups in total. The van der Waals surface area contributed by atoms with Crippen LogP contribution in [0.3, 0.4) is 0 Å². The number of fused-ring (bicyclic) bond motifs is 1. The zero-order chi connectivity index (χ0) is 27.3. The van der Waals surface area contributed by atoms with Gasteiger partial charge in [-0.25, -0.2) is 9.97 Å². The van der Waals surface area contributed by atoms with Crippen LogP contribution < -0.4 is 21.3 Å². The summed E-state index contributed by atoms with van der Waals surface area (Å²) in [6.45, 7) is 5.10. The molecule has 3 atom stereocenters. The predicted molar refractivity (Wildman–Crippen MR) is 152 cm³/mol. The highest BCUT2D eigenvalue weighted by atomic mass is 35.5. The number of aromatic nitrogens is 2. The molecule has 12 heteroatoms. The highest BCUT2D eigenvalue weighted by Gasteiger charge is 2.47. The third-order valence-corrected chi connectivity index (χ3v) is 10.2. The van der Waals surface area contributed by atoms with Gasteiger partial charge < -0.3 is 31.1 Å². The Bertz CT molecular complexity index is 1300. The minimum Gasteiger partial charge on any atom is -0.494 e. The minimum atomic E-state index is -0.286. The number of hydrogen-bond donors (Lipinski definition) is 3. The van der Waals surface area contributed by atoms with Crippen molar-refractivity contribution in [3.05, 3.63) is 41.4 Å². The molecule has 4 aliphatic rings. The van der Waals surface area contributed by atoms with E-state index >= 15 is 0 Å². The number of rotatable bonds is 4. The molecule has 3 saturated heterocycles. The predicted octanol–water partition coefficient (Wildman–Crippen LogP) is 3.75. The lowest BCUT2D eigenvalue weighted by Gasteiger charge is -2.45. The maximum Gasteiger partial charge on any atom is 0.258 e. The maximum absolute atomic E-state index is 13.0. The molecular weight excluding hydrogens is 538 g/mol. The lowest BCUT2D eigenvalue weighted by atomic mass is 9.73. The first-order chi connectivity index (χ1) is 18.8. The van der Waals surface area contributed by atoms with E-state index in [-0.39, 0.29) is 35.5 Å². The molecule has 4 aliphatic heterocycles. The Labute approximate surface area is 237 Å². The standard InChI is InChI=1S/C27H34ClN7O3S/c1-16-24(29)27(15-38-16)8-11-33(12-9-27)19-14-31-26(25(30)32-19)39-18-6-4-5-17(23(18)28)35-20-7-2-3-10-34(20)21(36)13-22(35)37/h4-6,13-14,16,20,24,36H,2-3,7-12,15,29H2,1H3,(H2,30,32)/t16-,20?,24+/m0/s1. The Morgan fingerprint density at radius 2 is 2.03 bits per heavy atom. The fourth-order valence-electron chi connectivity index (χ4n) is 6.27. The van der Waals surface area contributed by atoms with Crippen molar-refractivity contribution in [1.29, 1.82) is 0 Å². The number of amides is 1. The van der Waals surface area contributed by atoms with E-state index in [9.17, 15) is 9.90 Å². The number of hydrogen-bond acceptors (Lipinski definition) is 10. The third kappa shape index (κ3) is 4.69. The van der Waals surface area contributed by atoms with E-state index < -0.39 is 0 Å². The van der Waals surface area contributed by atoms with Crippen LogP contribution in [0.1, 0.15) is 39.0 Å². The molecule has 2 aromatic rings. The fraction of sp³-hybridized carbons (Fsp3) is 0.519. The molecule has 39 heavy (non-hydrogen) atoms. The van der Waals surface area contributed by atoms with Crippen molar-refractivity contribution in [2.45, 2.75) is 67.3 Å². The normalized spacial score (nSPS) is 26.6. The monoisotopic (exact) mass is 571 g/mol. The molecule has 1 unspecified atom stereocenters. The second-order valence-electron chi connectivity index (χ2n) is 10.9. The van der Waals surface area contributed by atoms with Gasteiger partial charge in [0.15, 0.2) is 11.7 Å². The largest absolute Gasteiger partial charge is 0.494 e. The van der Waals surface area contributed by atoms with Gasteiger partial charge in [-0.15, -0.1) is 0 Å². The summed E-state index contributed by atoms with van der Waals surface area (Å²) < 4.78 is 5.84. The van der Waals surface area contributed by atoms with Crippen molar-refractivity contribution in [2.75, 3.05) is 41.8 Å². The van der Waals surface area contributed by atoms with Gasteiger partial charge in [0, 0.05) is 36.0 Å². The number of halogens is 1. The van der Waals surface area contributed by atoms with Crippen LogP contribution in [0.25, 0.3) is 0 Å². The van der Waals surface area contributed by atoms with Gasteiger partial charge in [0.2, 0.25) is 0 Å². The summed E-state index contributed by atoms with van der Waals surface area (Å²) in [6.07, 6.45) is 7.42. The Hall–Kier alpha value is -2.73. The van der Waals surface area contributed by atoms with Crippen LogP contribution in [0.5, 0.6) is 0 Å². The van der Waals surface area contributed by atoms with Gasteiger partial charge in [-0.2, -0.15) is 0 Å². The van der Waals surface area contributed by atoms with E-state index in [4.69, 9.17) is 27.8 Å². The van der Waals surface area contributed by atoms with Crippen LogP contribution in [-0.2, 0) is 9.53 Å². The SMILES string of the molecule is C[C@@H]1OCC2(CCN(c3cnc(Sc4cccc(N5C(=O)C=C(O)N6CCCCC65)c4Cl)c(N)n3)CC2)[C@@H]1N. The zero-order valence-electron chi connectivity index (χ0n) is 21.9. The van der Waals surface area contributed by atoms with E-state index in [1.165, 1.54) is 17.8 Å². The van der Waals surface area contributed by atoms with Crippen molar-refractivity contribution < 1.29 is 14.6 Å². The lowest BCUT2D eigenvalue weighted by Crippen LogP contribution is -2.55. The van der Waals surface area contributed by atoms with E-state index in [2.05, 4.69) is 14.9 Å². The van der Waals surface area contributed by atoms with Crippen LogP contribution in [0, 0.1) is 5.41 Å². The second kappa shape index (κ2) is 10.3. The number of carbonyl (C=O) groups excluding carboxylic acids is 1. The molecule has 1 spiro atoms. The smallest absolute Gasteiger partial charge is 0.258 e. The number of nitrogens with two attached hydrogens (primary N) is 2. The highest BCUT2D eigenvalue weighted by molar-refractivity contribution is 7.99. The summed E-state index contributed by atoms with van der Waals surface area (Å²) in [5.41, 5.74) is 13.5. The van der Waals surface area contributed by atoms with Gasteiger partial charge in [0.25, 0.3) is 5.91 Å². The van der Waals surface area contributed by atoms with Gasteiger partial charge >= 0.3 is 0 Å². The fourth-order valence-corrected chi connectivity index (χ4v) is 7.41. The number of benzene rings is 1. The molecule has 3 fully saturated rings. The molecule has 0 aliphatic carbocycles. The summed E-state index contributed by atoms with van der Waals surface area (Å²) in [6, 6.07) is 5.63. The first-order valence-corrected chi connectivity index (χ1v) is 14.7. The molecule has 1 aromatic heterocycles. The van der Waals surface area contributed by atoms with E-state index in [0.717, 1.165) is 55.9 Å². The number of carbonyl (C=O) groups is 1. The molecule has 6 rings (SSSR count). The van der Waals surface area contributed by atoms with Crippen LogP contribution in [0.15, 0.2) is 46.3 Å². The number of anilines is 3. The van der Waals surface area contributed by atoms with Crippen molar-refractivity contribution in [3.8, 4) is 0 Å². The first-order valence-electron chi connectivity index (χ1n) is 13.5. The zero-order valence-corrected chi connectivity index (χ0v) is 23.5. The molecule has 5 heterocycles. The molecular formula is C27H34ClN7O3S. The van der Waals surface area contributed by atoms with Gasteiger partial charge in [0.05, 0.1) is 35.7 Å². The van der Waals surface area contributed by atoms with Crippen molar-refractivity contribution in [1.82, 2.24) is 14.9 Å². The first kappa shape index (κ1) is 26.5. The summed E-state index contributed by atoms with van der Waals surface area (Å²) >= 11 is 8.20. The Kier molecular flexibility index (Phi) is 7.03. The number of aliphatic hydroxyl groups is 1. The molecule has 208 valence electrons. The van der Waals surface area contributed by atoms with E-state index in [1.54, 1.807) is 11.1 Å². The second-order valence-corrected chi connectivity index (χ2v) is 12.3. The topological polar surface area (TPSA) is 134 Å². The summed E-state index contributed by atoms with van der Waals surface area (Å²) in [5, 5.41) is 11.3. The maximum atomic E-state index is 13.0. The molecule has 0 radical (unpaired) electrons. The summed E-state index contributed by atoms with van der Waals surface area (Å²) in [7, 11) is 0. The Balaban J connectivity index is 1.19. The number of ether oxygens (including phenoxy) is 1. The summed E-state index contributed by atoms with van der Waals surface area (Å²) in [4.78, 5) is 28.7. The van der Waals surface area contributed by atoms with Crippen molar-refractivity contribution in [3.63, 3.8) is 0 Å². The van der Waals surface area contributed by atoms with Crippen LogP contribution >= 0.6 is 23.4 Å². The average molecular weight is 572 g/mol. The van der Waals surface area contributed by atoms with Gasteiger partial charge in [-0.05, 0) is 51.2 Å². The number of nitrogens with zero attached hydrogens (tertiary/aromatic N) is 5. The van der Waals surface area contributed by atoms with E-state index in [1.807, 2.05) is 30.0 Å². The van der Waals surface area contributed by atoms with Crippen LogP contribution in [0.4, 0.5) is 17.3 Å². The quantitative estimate of drug-likeness (QED) is 0.498. The number of aliphatic hydroxyl groups excluding tert-OH is 1. The lowest BCUT2D eigenvalue weighted by molar-refractivity contribution is -0.117. The Morgan fingerprint density at radius 1 is 1.23 bits per heavy atom. The minimum absolute atomic E-state index is 0.0172. The van der Waals surface area contributed by atoms with Gasteiger partial charge in [-0.1, -0.05) is 29.4 Å². The Morgan fingerprint density at radius 3 is 2.74 bits per heavy atom.